The van der Waals surface area contributed by atoms with Crippen LogP contribution in [0.2, 0.25) is 0 Å². The number of anilines is 2. The minimum Gasteiger partial charge on any atom is -0.424 e. The van der Waals surface area contributed by atoms with Crippen LogP contribution in [0.25, 0.3) is 5.52 Å². The third-order valence-electron chi connectivity index (χ3n) is 6.92. The van der Waals surface area contributed by atoms with Crippen LogP contribution in [0.4, 0.5) is 16.3 Å². The molecular formula is C31H35N6O10P. The zero-order valence-electron chi connectivity index (χ0n) is 26.6. The molecule has 0 fully saturated rings. The van der Waals surface area contributed by atoms with Crippen molar-refractivity contribution in [2.45, 2.75) is 40.5 Å². The predicted octanol–water partition coefficient (Wildman–Crippen LogP) is 4.19. The first-order chi connectivity index (χ1) is 22.8. The van der Waals surface area contributed by atoms with Gasteiger partial charge in [0.25, 0.3) is 11.8 Å². The Kier molecular flexibility index (Phi) is 11.5. The van der Waals surface area contributed by atoms with Gasteiger partial charge in [-0.1, -0.05) is 19.9 Å². The van der Waals surface area contributed by atoms with Gasteiger partial charge >= 0.3 is 19.9 Å². The summed E-state index contributed by atoms with van der Waals surface area (Å²) in [4.78, 5) is 75.7. The molecule has 0 aliphatic heterocycles. The van der Waals surface area contributed by atoms with Gasteiger partial charge in [-0.2, -0.15) is 5.10 Å². The van der Waals surface area contributed by atoms with Gasteiger partial charge in [0.1, 0.15) is 17.6 Å². The van der Waals surface area contributed by atoms with Gasteiger partial charge in [0.05, 0.1) is 16.8 Å². The van der Waals surface area contributed by atoms with Crippen LogP contribution in [0, 0.1) is 13.8 Å². The molecule has 0 aliphatic rings. The Labute approximate surface area is 275 Å². The molecule has 4 rings (SSSR count). The van der Waals surface area contributed by atoms with E-state index in [9.17, 15) is 23.7 Å². The second-order valence-corrected chi connectivity index (χ2v) is 11.6. The summed E-state index contributed by atoms with van der Waals surface area (Å²) in [5, 5.41) is 9.85. The van der Waals surface area contributed by atoms with Crippen molar-refractivity contribution in [1.29, 1.82) is 0 Å². The largest absolute Gasteiger partial charge is 0.524 e. The maximum Gasteiger partial charge on any atom is 0.524 e. The number of hydrogen-bond donors (Lipinski definition) is 4. The summed E-state index contributed by atoms with van der Waals surface area (Å²) >= 11 is 0. The van der Waals surface area contributed by atoms with E-state index >= 15 is 0 Å². The molecule has 0 aliphatic carbocycles. The first kappa shape index (κ1) is 35.5. The van der Waals surface area contributed by atoms with E-state index in [0.29, 0.717) is 41.7 Å². The standard InChI is InChI=1S/C31H35N6O10P/c1-5-13-32-28(38)22-8-7-19(3)25(15-22)37(27-26-20(4)24(29(39)33-14-6-2)16-36(26)35-17-34-27)31(41)46-18-45-30(40)21-9-11-23(12-10-21)47-48(42,43)44/h7-12,15-17H,5-6,13-14,18H2,1-4H3,(H,32,38)(H,33,39)(H2,42,43,44). The quantitative estimate of drug-likeness (QED) is 0.0889. The smallest absolute Gasteiger partial charge is 0.424 e. The van der Waals surface area contributed by atoms with Crippen LogP contribution in [0.3, 0.4) is 0 Å². The lowest BCUT2D eigenvalue weighted by Crippen LogP contribution is -2.31. The second-order valence-electron chi connectivity index (χ2n) is 10.5. The lowest BCUT2D eigenvalue weighted by atomic mass is 10.1. The van der Waals surface area contributed by atoms with Crippen LogP contribution in [0.1, 0.15) is 68.9 Å². The Balaban J connectivity index is 1.68. The summed E-state index contributed by atoms with van der Waals surface area (Å²) < 4.78 is 27.4. The number of phosphoric ester groups is 1. The van der Waals surface area contributed by atoms with Crippen LogP contribution in [-0.2, 0) is 14.0 Å². The van der Waals surface area contributed by atoms with Crippen LogP contribution < -0.4 is 20.1 Å². The Hall–Kier alpha value is -5.31. The molecule has 0 saturated carbocycles. The van der Waals surface area contributed by atoms with Crippen LogP contribution in [0.5, 0.6) is 5.75 Å². The van der Waals surface area contributed by atoms with Gasteiger partial charge < -0.3 is 24.6 Å². The zero-order valence-corrected chi connectivity index (χ0v) is 27.5. The average molecular weight is 683 g/mol. The van der Waals surface area contributed by atoms with Crippen LogP contribution >= 0.6 is 7.82 Å². The summed E-state index contributed by atoms with van der Waals surface area (Å²) in [6.07, 6.45) is 3.13. The van der Waals surface area contributed by atoms with E-state index in [-0.39, 0.29) is 40.2 Å². The molecule has 0 atom stereocenters. The highest BCUT2D eigenvalue weighted by Crippen LogP contribution is 2.37. The molecule has 17 heteroatoms. The molecule has 4 aromatic rings. The Morgan fingerprint density at radius 2 is 1.56 bits per heavy atom. The number of nitrogens with zero attached hydrogens (tertiary/aromatic N) is 4. The summed E-state index contributed by atoms with van der Waals surface area (Å²) in [5.41, 5.74) is 2.14. The van der Waals surface area contributed by atoms with Gasteiger partial charge in [-0.05, 0) is 74.2 Å². The average Bonchev–Trinajstić information content (AvgIpc) is 3.39. The van der Waals surface area contributed by atoms with E-state index in [1.165, 1.54) is 35.2 Å². The zero-order chi connectivity index (χ0) is 35.0. The molecule has 4 N–H and O–H groups in total. The lowest BCUT2D eigenvalue weighted by Gasteiger charge is -2.24. The van der Waals surface area contributed by atoms with E-state index in [1.807, 2.05) is 13.8 Å². The first-order valence-corrected chi connectivity index (χ1v) is 16.4. The molecule has 2 aromatic heterocycles. The van der Waals surface area contributed by atoms with Gasteiger partial charge in [-0.25, -0.2) is 28.6 Å². The number of esters is 1. The van der Waals surface area contributed by atoms with Crippen molar-refractivity contribution < 1.29 is 47.5 Å². The van der Waals surface area contributed by atoms with Crippen molar-refractivity contribution in [2.24, 2.45) is 0 Å². The lowest BCUT2D eigenvalue weighted by molar-refractivity contribution is -0.0000788. The summed E-state index contributed by atoms with van der Waals surface area (Å²) in [6.45, 7) is 7.31. The summed E-state index contributed by atoms with van der Waals surface area (Å²) in [5.74, 6) is -1.75. The van der Waals surface area contributed by atoms with E-state index in [2.05, 4.69) is 25.2 Å². The molecule has 254 valence electrons. The molecule has 16 nitrogen and oxygen atoms in total. The van der Waals surface area contributed by atoms with Crippen LogP contribution in [-0.4, -0.2) is 68.1 Å². The fourth-order valence-electron chi connectivity index (χ4n) is 4.57. The van der Waals surface area contributed by atoms with Gasteiger partial charge in [-0.15, -0.1) is 0 Å². The Bertz CT molecular complexity index is 1870. The monoisotopic (exact) mass is 682 g/mol. The maximum absolute atomic E-state index is 13.9. The molecule has 0 bridgehead atoms. The van der Waals surface area contributed by atoms with E-state index in [1.54, 1.807) is 26.0 Å². The molecule has 0 spiro atoms. The van der Waals surface area contributed by atoms with Gasteiger partial charge in [0, 0.05) is 24.8 Å². The summed E-state index contributed by atoms with van der Waals surface area (Å²) in [7, 11) is -4.79. The number of ether oxygens (including phenoxy) is 2. The number of carbonyl (C=O) groups excluding carboxylic acids is 4. The van der Waals surface area contributed by atoms with Crippen molar-refractivity contribution >= 4 is 48.7 Å². The number of benzene rings is 2. The van der Waals surface area contributed by atoms with E-state index < -0.39 is 26.7 Å². The fourth-order valence-corrected chi connectivity index (χ4v) is 4.97. The third-order valence-corrected chi connectivity index (χ3v) is 7.37. The Morgan fingerprint density at radius 1 is 0.917 bits per heavy atom. The number of aromatic nitrogens is 3. The minimum absolute atomic E-state index is 0.0159. The molecule has 2 aromatic carbocycles. The number of phosphoric acid groups is 1. The Morgan fingerprint density at radius 3 is 2.21 bits per heavy atom. The topological polar surface area (TPSA) is 211 Å². The number of hydrogen-bond acceptors (Lipinski definition) is 10. The van der Waals surface area contributed by atoms with Gasteiger partial charge in [-0.3, -0.25) is 19.4 Å². The second kappa shape index (κ2) is 15.5. The SMILES string of the molecule is CCCNC(=O)c1ccc(C)c(N(C(=O)OCOC(=O)c2ccc(OP(=O)(O)O)cc2)c2ncnn3cc(C(=O)NCCC)c(C)c23)c1. The maximum atomic E-state index is 13.9. The molecule has 0 radical (unpaired) electrons. The van der Waals surface area contributed by atoms with Crippen molar-refractivity contribution in [2.75, 3.05) is 24.8 Å². The summed E-state index contributed by atoms with van der Waals surface area (Å²) in [6, 6.07) is 9.51. The number of amides is 3. The molecule has 48 heavy (non-hydrogen) atoms. The van der Waals surface area contributed by atoms with Crippen molar-refractivity contribution in [1.82, 2.24) is 25.2 Å². The van der Waals surface area contributed by atoms with Crippen LogP contribution in [0.15, 0.2) is 55.0 Å². The highest BCUT2D eigenvalue weighted by molar-refractivity contribution is 7.46. The molecule has 0 saturated heterocycles. The highest BCUT2D eigenvalue weighted by Gasteiger charge is 2.29. The normalized spacial score (nSPS) is 11.1. The molecular weight excluding hydrogens is 647 g/mol. The highest BCUT2D eigenvalue weighted by atomic mass is 31.2. The molecule has 2 heterocycles. The van der Waals surface area contributed by atoms with E-state index in [4.69, 9.17) is 19.3 Å². The van der Waals surface area contributed by atoms with E-state index in [0.717, 1.165) is 23.5 Å². The van der Waals surface area contributed by atoms with Crippen molar-refractivity contribution in [3.05, 3.63) is 82.8 Å². The van der Waals surface area contributed by atoms with Gasteiger partial charge in [0.15, 0.2) is 5.82 Å². The van der Waals surface area contributed by atoms with Crippen molar-refractivity contribution in [3.63, 3.8) is 0 Å². The number of aryl methyl sites for hydroxylation is 2. The number of nitrogens with one attached hydrogen (secondary N) is 2. The first-order valence-electron chi connectivity index (χ1n) is 14.8. The molecule has 0 unspecified atom stereocenters. The fraction of sp³-hybridized carbons (Fsp3) is 0.290. The van der Waals surface area contributed by atoms with Gasteiger partial charge in [0.2, 0.25) is 6.79 Å². The number of carbonyl (C=O) groups is 4. The predicted molar refractivity (Wildman–Crippen MR) is 172 cm³/mol. The minimum atomic E-state index is -4.79. The third kappa shape index (κ3) is 8.53. The number of rotatable bonds is 13. The molecule has 3 amide bonds. The van der Waals surface area contributed by atoms with Crippen molar-refractivity contribution in [3.8, 4) is 5.75 Å². The number of fused-ring (bicyclic) bond motifs is 1.